The fourth-order valence-electron chi connectivity index (χ4n) is 1.74. The first-order valence-corrected chi connectivity index (χ1v) is 4.54. The van der Waals surface area contributed by atoms with Crippen molar-refractivity contribution in [1.29, 1.82) is 0 Å². The van der Waals surface area contributed by atoms with Gasteiger partial charge in [0.25, 0.3) is 0 Å². The molecule has 1 amide bonds. The molecule has 0 saturated heterocycles. The fourth-order valence-corrected chi connectivity index (χ4v) is 1.74. The number of aryl methyl sites for hydroxylation is 2. The summed E-state index contributed by atoms with van der Waals surface area (Å²) in [7, 11) is 1.85. The van der Waals surface area contributed by atoms with Gasteiger partial charge in [-0.3, -0.25) is 4.79 Å². The Morgan fingerprint density at radius 1 is 1.29 bits per heavy atom. The molecule has 0 aromatic heterocycles. The Morgan fingerprint density at radius 3 is 2.71 bits per heavy atom. The third kappa shape index (κ3) is 1.65. The van der Waals surface area contributed by atoms with Gasteiger partial charge in [0.1, 0.15) is 0 Å². The van der Waals surface area contributed by atoms with Crippen LogP contribution in [-0.2, 0) is 11.2 Å². The van der Waals surface area contributed by atoms with E-state index in [1.807, 2.05) is 14.0 Å². The summed E-state index contributed by atoms with van der Waals surface area (Å²) in [6.07, 6.45) is 1.53. The van der Waals surface area contributed by atoms with Crippen molar-refractivity contribution in [1.82, 2.24) is 0 Å². The lowest BCUT2D eigenvalue weighted by Gasteiger charge is -2.25. The van der Waals surface area contributed by atoms with E-state index in [2.05, 4.69) is 18.2 Å². The quantitative estimate of drug-likeness (QED) is 0.617. The molecule has 1 aromatic rings. The molecule has 1 aliphatic rings. The lowest BCUT2D eigenvalue weighted by atomic mass is 10.00. The maximum atomic E-state index is 11.4. The van der Waals surface area contributed by atoms with E-state index in [1.165, 1.54) is 11.1 Å². The topological polar surface area (TPSA) is 20.3 Å². The Morgan fingerprint density at radius 2 is 2.00 bits per heavy atom. The molecule has 2 rings (SSSR count). The van der Waals surface area contributed by atoms with Crippen molar-refractivity contribution in [3.8, 4) is 0 Å². The van der Waals surface area contributed by atoms with E-state index in [4.69, 9.17) is 0 Å². The number of hydrogen-bond acceptors (Lipinski definition) is 1. The zero-order chi connectivity index (χ0) is 9.42. The van der Waals surface area contributed by atoms with Crippen molar-refractivity contribution in [2.45, 2.75) is 27.2 Å². The van der Waals surface area contributed by atoms with Gasteiger partial charge in [0.2, 0.25) is 5.91 Å². The highest BCUT2D eigenvalue weighted by Crippen LogP contribution is 2.27. The molecule has 14 heavy (non-hydrogen) atoms. The van der Waals surface area contributed by atoms with Crippen LogP contribution in [0.2, 0.25) is 0 Å². The second kappa shape index (κ2) is 3.82. The minimum atomic E-state index is 0. The minimum absolute atomic E-state index is 0. The van der Waals surface area contributed by atoms with Crippen molar-refractivity contribution in [2.24, 2.45) is 0 Å². The van der Waals surface area contributed by atoms with Crippen LogP contribution >= 0.6 is 0 Å². The molecule has 1 aliphatic heterocycles. The highest BCUT2D eigenvalue weighted by Gasteiger charge is 2.19. The normalized spacial score (nSPS) is 14.7. The molecule has 0 unspecified atom stereocenters. The number of nitrogens with zero attached hydrogens (tertiary/aromatic N) is 1. The summed E-state index contributed by atoms with van der Waals surface area (Å²) in [6.45, 7) is 2.05. The summed E-state index contributed by atoms with van der Waals surface area (Å²) in [5, 5.41) is 0. The average Bonchev–Trinajstić information content (AvgIpc) is 2.12. The first kappa shape index (κ1) is 10.8. The number of hydrogen-bond donors (Lipinski definition) is 0. The maximum absolute atomic E-state index is 11.4. The van der Waals surface area contributed by atoms with Crippen molar-refractivity contribution in [2.75, 3.05) is 11.9 Å². The van der Waals surface area contributed by atoms with E-state index in [0.717, 1.165) is 12.1 Å². The summed E-state index contributed by atoms with van der Waals surface area (Å²) in [4.78, 5) is 13.1. The standard InChI is InChI=1S/C11H13NO.CH4/c1-8-3-4-9-5-6-11(13)12(2)10(9)7-8;/h3-4,7H,5-6H2,1-2H3;1H4. The largest absolute Gasteiger partial charge is 0.315 e. The third-order valence-corrected chi connectivity index (χ3v) is 2.58. The van der Waals surface area contributed by atoms with Gasteiger partial charge in [-0.25, -0.2) is 0 Å². The predicted octanol–water partition coefficient (Wildman–Crippen LogP) is 2.54. The monoisotopic (exact) mass is 191 g/mol. The van der Waals surface area contributed by atoms with Gasteiger partial charge in [0.15, 0.2) is 0 Å². The molecule has 0 fully saturated rings. The predicted molar refractivity (Wildman–Crippen MR) is 59.6 cm³/mol. The molecule has 0 atom stereocenters. The van der Waals surface area contributed by atoms with Crippen LogP contribution in [0.15, 0.2) is 18.2 Å². The molecular weight excluding hydrogens is 174 g/mol. The third-order valence-electron chi connectivity index (χ3n) is 2.58. The molecule has 1 heterocycles. The van der Waals surface area contributed by atoms with Gasteiger partial charge in [-0.15, -0.1) is 0 Å². The first-order valence-electron chi connectivity index (χ1n) is 4.54. The van der Waals surface area contributed by atoms with E-state index in [9.17, 15) is 4.79 Å². The number of anilines is 1. The second-order valence-corrected chi connectivity index (χ2v) is 3.58. The summed E-state index contributed by atoms with van der Waals surface area (Å²) in [5.74, 6) is 0.220. The molecule has 2 nitrogen and oxygen atoms in total. The number of fused-ring (bicyclic) bond motifs is 1. The Bertz CT molecular complexity index is 357. The second-order valence-electron chi connectivity index (χ2n) is 3.58. The molecule has 0 bridgehead atoms. The lowest BCUT2D eigenvalue weighted by Crippen LogP contribution is -2.31. The number of carbonyl (C=O) groups is 1. The van der Waals surface area contributed by atoms with Crippen LogP contribution in [-0.4, -0.2) is 13.0 Å². The molecule has 0 radical (unpaired) electrons. The molecule has 76 valence electrons. The van der Waals surface area contributed by atoms with Crippen LogP contribution in [0.3, 0.4) is 0 Å². The smallest absolute Gasteiger partial charge is 0.227 e. The van der Waals surface area contributed by atoms with E-state index in [-0.39, 0.29) is 13.3 Å². The molecule has 0 N–H and O–H groups in total. The maximum Gasteiger partial charge on any atom is 0.227 e. The highest BCUT2D eigenvalue weighted by molar-refractivity contribution is 5.95. The van der Waals surface area contributed by atoms with Gasteiger partial charge in [0.05, 0.1) is 0 Å². The van der Waals surface area contributed by atoms with Gasteiger partial charge in [-0.1, -0.05) is 19.6 Å². The Labute approximate surface area is 85.5 Å². The summed E-state index contributed by atoms with van der Waals surface area (Å²) in [5.41, 5.74) is 3.57. The zero-order valence-corrected chi connectivity index (χ0v) is 8.00. The Hall–Kier alpha value is -1.31. The van der Waals surface area contributed by atoms with Crippen LogP contribution in [0.4, 0.5) is 5.69 Å². The van der Waals surface area contributed by atoms with E-state index in [0.29, 0.717) is 6.42 Å². The van der Waals surface area contributed by atoms with E-state index in [1.54, 1.807) is 4.90 Å². The first-order chi connectivity index (χ1) is 6.18. The molecular formula is C12H17NO. The fraction of sp³-hybridized carbons (Fsp3) is 0.417. The summed E-state index contributed by atoms with van der Waals surface area (Å²) in [6, 6.07) is 6.29. The lowest BCUT2D eigenvalue weighted by molar-refractivity contribution is -0.118. The van der Waals surface area contributed by atoms with Crippen molar-refractivity contribution in [3.63, 3.8) is 0 Å². The molecule has 0 aliphatic carbocycles. The van der Waals surface area contributed by atoms with Crippen LogP contribution in [0.5, 0.6) is 0 Å². The number of carbonyl (C=O) groups excluding carboxylic acids is 1. The van der Waals surface area contributed by atoms with Crippen LogP contribution in [0.1, 0.15) is 25.0 Å². The summed E-state index contributed by atoms with van der Waals surface area (Å²) < 4.78 is 0. The summed E-state index contributed by atoms with van der Waals surface area (Å²) >= 11 is 0. The SMILES string of the molecule is C.Cc1ccc2c(c1)N(C)C(=O)CC2. The van der Waals surface area contributed by atoms with Gasteiger partial charge in [-0.2, -0.15) is 0 Å². The van der Waals surface area contributed by atoms with Crippen molar-refractivity contribution >= 4 is 11.6 Å². The van der Waals surface area contributed by atoms with E-state index >= 15 is 0 Å². The highest BCUT2D eigenvalue weighted by atomic mass is 16.2. The number of amides is 1. The van der Waals surface area contributed by atoms with Gasteiger partial charge in [0, 0.05) is 19.2 Å². The van der Waals surface area contributed by atoms with Crippen molar-refractivity contribution in [3.05, 3.63) is 29.3 Å². The Kier molecular flexibility index (Phi) is 2.94. The molecule has 0 spiro atoms. The van der Waals surface area contributed by atoms with Crippen LogP contribution < -0.4 is 4.90 Å². The average molecular weight is 191 g/mol. The number of benzene rings is 1. The zero-order valence-electron chi connectivity index (χ0n) is 8.00. The van der Waals surface area contributed by atoms with E-state index < -0.39 is 0 Å². The Balaban J connectivity index is 0.000000980. The number of rotatable bonds is 0. The molecule has 0 saturated carbocycles. The van der Waals surface area contributed by atoms with Crippen LogP contribution in [0, 0.1) is 6.92 Å². The molecule has 1 aromatic carbocycles. The van der Waals surface area contributed by atoms with Gasteiger partial charge >= 0.3 is 0 Å². The minimum Gasteiger partial charge on any atom is -0.315 e. The van der Waals surface area contributed by atoms with Crippen LogP contribution in [0.25, 0.3) is 0 Å². The van der Waals surface area contributed by atoms with Crippen molar-refractivity contribution < 1.29 is 4.79 Å². The molecule has 2 heteroatoms. The van der Waals surface area contributed by atoms with Gasteiger partial charge < -0.3 is 4.90 Å². The van der Waals surface area contributed by atoms with Gasteiger partial charge in [-0.05, 0) is 30.5 Å².